The molecule has 0 aliphatic carbocycles. The third-order valence-corrected chi connectivity index (χ3v) is 2.54. The van der Waals surface area contributed by atoms with Crippen molar-refractivity contribution in [2.75, 3.05) is 0 Å². The van der Waals surface area contributed by atoms with Crippen molar-refractivity contribution in [1.82, 2.24) is 10.2 Å². The molecule has 2 N–H and O–H groups in total. The van der Waals surface area contributed by atoms with E-state index in [0.717, 1.165) is 11.3 Å². The van der Waals surface area contributed by atoms with E-state index in [2.05, 4.69) is 43.1 Å². The average molecular weight is 202 g/mol. The maximum Gasteiger partial charge on any atom is 0.264 e. The lowest BCUT2D eigenvalue weighted by Crippen LogP contribution is -1.93. The number of hydrogen-bond acceptors (Lipinski definition) is 1. The van der Waals surface area contributed by atoms with E-state index in [0.29, 0.717) is 0 Å². The van der Waals surface area contributed by atoms with Gasteiger partial charge in [0.1, 0.15) is 0 Å². The van der Waals surface area contributed by atoms with Crippen molar-refractivity contribution < 1.29 is 0 Å². The summed E-state index contributed by atoms with van der Waals surface area (Å²) >= 11 is 0. The molecule has 0 radical (unpaired) electrons. The van der Waals surface area contributed by atoms with E-state index in [-0.39, 0.29) is 5.56 Å². The Labute approximate surface area is 88.1 Å². The zero-order chi connectivity index (χ0) is 11.0. The first kappa shape index (κ1) is 9.77. The lowest BCUT2D eigenvalue weighted by Gasteiger charge is -2.08. The monoisotopic (exact) mass is 202 g/mol. The predicted molar refractivity (Wildman–Crippen MR) is 61.1 cm³/mol. The fraction of sp³-hybridized carbons (Fsp3) is 0.250. The van der Waals surface area contributed by atoms with Crippen LogP contribution in [0.1, 0.15) is 16.7 Å². The highest BCUT2D eigenvalue weighted by atomic mass is 16.1. The van der Waals surface area contributed by atoms with Gasteiger partial charge in [-0.15, -0.1) is 0 Å². The fourth-order valence-corrected chi connectivity index (χ4v) is 2.07. The van der Waals surface area contributed by atoms with Gasteiger partial charge in [0.2, 0.25) is 0 Å². The molecule has 0 aliphatic heterocycles. The predicted octanol–water partition coefficient (Wildman–Crippen LogP) is 2.30. The van der Waals surface area contributed by atoms with Crippen LogP contribution < -0.4 is 5.56 Å². The molecule has 0 fully saturated rings. The molecule has 2 aromatic rings. The SMILES string of the molecule is Cc1cc(C)c(-c2cc(=O)[nH][nH]2)c(C)c1. The molecule has 2 rings (SSSR count). The van der Waals surface area contributed by atoms with E-state index in [1.54, 1.807) is 6.07 Å². The number of aromatic amines is 2. The lowest BCUT2D eigenvalue weighted by atomic mass is 9.98. The van der Waals surface area contributed by atoms with Gasteiger partial charge in [-0.25, -0.2) is 0 Å². The Morgan fingerprint density at radius 2 is 1.53 bits per heavy atom. The van der Waals surface area contributed by atoms with Gasteiger partial charge in [-0.3, -0.25) is 15.0 Å². The third kappa shape index (κ3) is 1.73. The molecular weight excluding hydrogens is 188 g/mol. The van der Waals surface area contributed by atoms with Gasteiger partial charge in [-0.2, -0.15) is 0 Å². The van der Waals surface area contributed by atoms with Crippen molar-refractivity contribution in [1.29, 1.82) is 0 Å². The quantitative estimate of drug-likeness (QED) is 0.732. The zero-order valence-electron chi connectivity index (χ0n) is 9.14. The second-order valence-electron chi connectivity index (χ2n) is 3.95. The van der Waals surface area contributed by atoms with Crippen molar-refractivity contribution in [3.8, 4) is 11.3 Å². The van der Waals surface area contributed by atoms with Gasteiger partial charge in [0.15, 0.2) is 0 Å². The second-order valence-corrected chi connectivity index (χ2v) is 3.95. The van der Waals surface area contributed by atoms with E-state index in [4.69, 9.17) is 0 Å². The maximum atomic E-state index is 11.1. The van der Waals surface area contributed by atoms with Crippen LogP contribution in [-0.2, 0) is 0 Å². The van der Waals surface area contributed by atoms with Crippen molar-refractivity contribution in [3.63, 3.8) is 0 Å². The molecule has 0 spiro atoms. The number of H-pyrrole nitrogens is 2. The Kier molecular flexibility index (Phi) is 2.23. The topological polar surface area (TPSA) is 48.6 Å². The molecule has 0 bridgehead atoms. The highest BCUT2D eigenvalue weighted by molar-refractivity contribution is 5.67. The summed E-state index contributed by atoms with van der Waals surface area (Å²) in [6.45, 7) is 6.19. The molecule has 1 heterocycles. The zero-order valence-corrected chi connectivity index (χ0v) is 9.14. The van der Waals surface area contributed by atoms with Crippen LogP contribution in [0.4, 0.5) is 0 Å². The summed E-state index contributed by atoms with van der Waals surface area (Å²) in [5.41, 5.74) is 5.48. The second kappa shape index (κ2) is 3.42. The highest BCUT2D eigenvalue weighted by Gasteiger charge is 2.08. The van der Waals surface area contributed by atoms with Gasteiger partial charge < -0.3 is 0 Å². The van der Waals surface area contributed by atoms with Crippen LogP contribution >= 0.6 is 0 Å². The van der Waals surface area contributed by atoms with Crippen LogP contribution in [-0.4, -0.2) is 10.2 Å². The molecule has 78 valence electrons. The molecule has 3 nitrogen and oxygen atoms in total. The van der Waals surface area contributed by atoms with E-state index < -0.39 is 0 Å². The first-order valence-electron chi connectivity index (χ1n) is 4.94. The number of rotatable bonds is 1. The standard InChI is InChI=1S/C12H14N2O/c1-7-4-8(2)12(9(3)5-7)10-6-11(15)14-13-10/h4-6H,1-3H3,(H2,13,14,15). The molecule has 0 aliphatic rings. The molecule has 0 unspecified atom stereocenters. The minimum atomic E-state index is -0.0932. The summed E-state index contributed by atoms with van der Waals surface area (Å²) in [5.74, 6) is 0. The number of hydrogen-bond donors (Lipinski definition) is 2. The van der Waals surface area contributed by atoms with Gasteiger partial charge in [0.05, 0.1) is 5.69 Å². The van der Waals surface area contributed by atoms with Crippen LogP contribution in [0.5, 0.6) is 0 Å². The summed E-state index contributed by atoms with van der Waals surface area (Å²) in [4.78, 5) is 11.1. The maximum absolute atomic E-state index is 11.1. The van der Waals surface area contributed by atoms with Crippen LogP contribution in [0.15, 0.2) is 23.0 Å². The van der Waals surface area contributed by atoms with Gasteiger partial charge >= 0.3 is 0 Å². The molecule has 1 aromatic heterocycles. The van der Waals surface area contributed by atoms with Crippen molar-refractivity contribution in [3.05, 3.63) is 45.2 Å². The Hall–Kier alpha value is -1.77. The van der Waals surface area contributed by atoms with E-state index in [9.17, 15) is 4.79 Å². The molecule has 1 aromatic carbocycles. The van der Waals surface area contributed by atoms with Gasteiger partial charge in [-0.1, -0.05) is 17.7 Å². The van der Waals surface area contributed by atoms with Gasteiger partial charge in [0.25, 0.3) is 5.56 Å². The fourth-order valence-electron chi connectivity index (χ4n) is 2.07. The van der Waals surface area contributed by atoms with Gasteiger partial charge in [-0.05, 0) is 31.9 Å². The summed E-state index contributed by atoms with van der Waals surface area (Å²) in [6.07, 6.45) is 0. The minimum absolute atomic E-state index is 0.0932. The minimum Gasteiger partial charge on any atom is -0.298 e. The Morgan fingerprint density at radius 3 is 2.00 bits per heavy atom. The summed E-state index contributed by atoms with van der Waals surface area (Å²) < 4.78 is 0. The Balaban J connectivity index is 2.67. The molecule has 15 heavy (non-hydrogen) atoms. The number of benzene rings is 1. The molecular formula is C12H14N2O. The molecule has 0 saturated carbocycles. The Morgan fingerprint density at radius 1 is 0.933 bits per heavy atom. The van der Waals surface area contributed by atoms with Gasteiger partial charge in [0, 0.05) is 11.6 Å². The number of aryl methyl sites for hydroxylation is 3. The van der Waals surface area contributed by atoms with Crippen molar-refractivity contribution in [2.24, 2.45) is 0 Å². The first-order chi connectivity index (χ1) is 7.08. The van der Waals surface area contributed by atoms with E-state index in [1.807, 2.05) is 0 Å². The molecule has 3 heteroatoms. The van der Waals surface area contributed by atoms with E-state index in [1.165, 1.54) is 16.7 Å². The highest BCUT2D eigenvalue weighted by Crippen LogP contribution is 2.25. The lowest BCUT2D eigenvalue weighted by molar-refractivity contribution is 1.06. The average Bonchev–Trinajstić information content (AvgIpc) is 2.49. The first-order valence-corrected chi connectivity index (χ1v) is 4.94. The van der Waals surface area contributed by atoms with Crippen LogP contribution in [0, 0.1) is 20.8 Å². The molecule has 0 amide bonds. The summed E-state index contributed by atoms with van der Waals surface area (Å²) in [5, 5.41) is 5.44. The largest absolute Gasteiger partial charge is 0.298 e. The number of aromatic nitrogens is 2. The summed E-state index contributed by atoms with van der Waals surface area (Å²) in [7, 11) is 0. The van der Waals surface area contributed by atoms with Crippen molar-refractivity contribution in [2.45, 2.75) is 20.8 Å². The van der Waals surface area contributed by atoms with Crippen LogP contribution in [0.2, 0.25) is 0 Å². The normalized spacial score (nSPS) is 10.6. The van der Waals surface area contributed by atoms with Crippen LogP contribution in [0.3, 0.4) is 0 Å². The van der Waals surface area contributed by atoms with Crippen LogP contribution in [0.25, 0.3) is 11.3 Å². The third-order valence-electron chi connectivity index (χ3n) is 2.54. The van der Waals surface area contributed by atoms with E-state index >= 15 is 0 Å². The Bertz CT molecular complexity index is 526. The number of nitrogens with one attached hydrogen (secondary N) is 2. The smallest absolute Gasteiger partial charge is 0.264 e. The molecule has 0 saturated heterocycles. The molecule has 0 atom stereocenters. The summed E-state index contributed by atoms with van der Waals surface area (Å²) in [6, 6.07) is 5.83. The van der Waals surface area contributed by atoms with Crippen molar-refractivity contribution >= 4 is 0 Å².